The van der Waals surface area contributed by atoms with Crippen LogP contribution in [0.4, 0.5) is 11.4 Å². The molecule has 4 nitrogen and oxygen atoms in total. The van der Waals surface area contributed by atoms with Crippen molar-refractivity contribution < 1.29 is 4.79 Å². The molecule has 0 bridgehead atoms. The monoisotopic (exact) mass is 333 g/mol. The van der Waals surface area contributed by atoms with Crippen LogP contribution in [0.15, 0.2) is 46.9 Å². The number of rotatable bonds is 4. The lowest BCUT2D eigenvalue weighted by Crippen LogP contribution is -2.16. The number of halogens is 1. The maximum Gasteiger partial charge on any atom is 0.250 e. The summed E-state index contributed by atoms with van der Waals surface area (Å²) in [5.41, 5.74) is 14.2. The zero-order valence-electron chi connectivity index (χ0n) is 11.1. The van der Waals surface area contributed by atoms with Crippen molar-refractivity contribution in [2.24, 2.45) is 5.73 Å². The summed E-state index contributed by atoms with van der Waals surface area (Å²) in [7, 11) is 0. The average molecular weight is 334 g/mol. The van der Waals surface area contributed by atoms with E-state index in [1.165, 1.54) is 0 Å². The maximum atomic E-state index is 11.5. The quantitative estimate of drug-likeness (QED) is 0.751. The molecule has 104 valence electrons. The average Bonchev–Trinajstić information content (AvgIpc) is 2.38. The first-order valence-electron chi connectivity index (χ1n) is 6.19. The normalized spacial score (nSPS) is 11.9. The fraction of sp³-hybridized carbons (Fsp3) is 0.133. The van der Waals surface area contributed by atoms with Gasteiger partial charge in [-0.3, -0.25) is 4.79 Å². The van der Waals surface area contributed by atoms with E-state index in [1.54, 1.807) is 12.1 Å². The number of benzene rings is 2. The standard InChI is InChI=1S/C15H16BrN3O/c1-9(11-4-2-3-5-13(11)17)19-14-8-10(16)6-7-12(14)15(18)20/h2-9,19H,17H2,1H3,(H2,18,20). The summed E-state index contributed by atoms with van der Waals surface area (Å²) in [6, 6.07) is 12.9. The number of nitrogens with one attached hydrogen (secondary N) is 1. The molecule has 20 heavy (non-hydrogen) atoms. The Kier molecular flexibility index (Phi) is 4.29. The van der Waals surface area contributed by atoms with Crippen molar-refractivity contribution >= 4 is 33.2 Å². The Morgan fingerprint density at radius 1 is 1.25 bits per heavy atom. The number of carbonyl (C=O) groups excluding carboxylic acids is 1. The minimum absolute atomic E-state index is 0.0383. The lowest BCUT2D eigenvalue weighted by molar-refractivity contribution is 0.100. The largest absolute Gasteiger partial charge is 0.398 e. The summed E-state index contributed by atoms with van der Waals surface area (Å²) >= 11 is 3.39. The molecule has 0 fully saturated rings. The first-order valence-corrected chi connectivity index (χ1v) is 6.98. The van der Waals surface area contributed by atoms with Crippen molar-refractivity contribution in [1.29, 1.82) is 0 Å². The second-order valence-corrected chi connectivity index (χ2v) is 5.46. The van der Waals surface area contributed by atoms with E-state index >= 15 is 0 Å². The number of nitrogen functional groups attached to an aromatic ring is 1. The Labute approximate surface area is 126 Å². The summed E-state index contributed by atoms with van der Waals surface area (Å²) in [6.07, 6.45) is 0. The molecule has 1 atom stereocenters. The molecule has 0 saturated heterocycles. The van der Waals surface area contributed by atoms with E-state index in [1.807, 2.05) is 37.3 Å². The van der Waals surface area contributed by atoms with Crippen molar-refractivity contribution in [3.05, 3.63) is 58.1 Å². The maximum absolute atomic E-state index is 11.5. The topological polar surface area (TPSA) is 81.1 Å². The van der Waals surface area contributed by atoms with E-state index in [9.17, 15) is 4.79 Å². The molecule has 0 saturated carbocycles. The smallest absolute Gasteiger partial charge is 0.250 e. The van der Waals surface area contributed by atoms with Crippen LogP contribution < -0.4 is 16.8 Å². The van der Waals surface area contributed by atoms with Gasteiger partial charge in [0.05, 0.1) is 11.6 Å². The van der Waals surface area contributed by atoms with Gasteiger partial charge in [0.1, 0.15) is 0 Å². The summed E-state index contributed by atoms with van der Waals surface area (Å²) in [5.74, 6) is -0.465. The third-order valence-corrected chi connectivity index (χ3v) is 3.57. The number of primary amides is 1. The molecular weight excluding hydrogens is 318 g/mol. The van der Waals surface area contributed by atoms with Crippen LogP contribution in [-0.4, -0.2) is 5.91 Å². The zero-order chi connectivity index (χ0) is 14.7. The highest BCUT2D eigenvalue weighted by Crippen LogP contribution is 2.27. The Bertz CT molecular complexity index is 643. The molecule has 2 aromatic carbocycles. The van der Waals surface area contributed by atoms with Crippen molar-refractivity contribution in [2.45, 2.75) is 13.0 Å². The molecule has 0 spiro atoms. The lowest BCUT2D eigenvalue weighted by Gasteiger charge is -2.19. The Morgan fingerprint density at radius 3 is 2.60 bits per heavy atom. The van der Waals surface area contributed by atoms with E-state index in [4.69, 9.17) is 11.5 Å². The van der Waals surface area contributed by atoms with Crippen molar-refractivity contribution in [3.63, 3.8) is 0 Å². The molecule has 1 amide bonds. The third-order valence-electron chi connectivity index (χ3n) is 3.08. The van der Waals surface area contributed by atoms with E-state index in [0.29, 0.717) is 16.9 Å². The van der Waals surface area contributed by atoms with Gasteiger partial charge >= 0.3 is 0 Å². The zero-order valence-corrected chi connectivity index (χ0v) is 12.6. The van der Waals surface area contributed by atoms with Crippen LogP contribution in [0, 0.1) is 0 Å². The molecule has 0 aliphatic rings. The second kappa shape index (κ2) is 5.96. The van der Waals surface area contributed by atoms with Gasteiger partial charge in [-0.1, -0.05) is 34.1 Å². The number of hydrogen-bond donors (Lipinski definition) is 3. The molecule has 2 aromatic rings. The van der Waals surface area contributed by atoms with E-state index < -0.39 is 5.91 Å². The predicted octanol–water partition coefficient (Wildman–Crippen LogP) is 3.30. The number of nitrogens with two attached hydrogens (primary N) is 2. The molecule has 0 aliphatic carbocycles. The summed E-state index contributed by atoms with van der Waals surface area (Å²) < 4.78 is 0.873. The Hall–Kier alpha value is -2.01. The van der Waals surface area contributed by atoms with Crippen LogP contribution in [0.25, 0.3) is 0 Å². The molecule has 0 aromatic heterocycles. The number of amides is 1. The third kappa shape index (κ3) is 3.11. The number of carbonyl (C=O) groups is 1. The minimum atomic E-state index is -0.465. The van der Waals surface area contributed by atoms with E-state index in [0.717, 1.165) is 10.0 Å². The van der Waals surface area contributed by atoms with Gasteiger partial charge in [0.25, 0.3) is 5.91 Å². The first-order chi connectivity index (χ1) is 9.49. The molecule has 0 aliphatic heterocycles. The molecule has 0 heterocycles. The molecule has 1 unspecified atom stereocenters. The fourth-order valence-electron chi connectivity index (χ4n) is 2.07. The van der Waals surface area contributed by atoms with Gasteiger partial charge in [-0.15, -0.1) is 0 Å². The van der Waals surface area contributed by atoms with Crippen LogP contribution in [-0.2, 0) is 0 Å². The van der Waals surface area contributed by atoms with Gasteiger partial charge in [-0.25, -0.2) is 0 Å². The number of hydrogen-bond acceptors (Lipinski definition) is 3. The molecule has 2 rings (SSSR count). The van der Waals surface area contributed by atoms with Crippen molar-refractivity contribution in [3.8, 4) is 0 Å². The van der Waals surface area contributed by atoms with Gasteiger partial charge in [0, 0.05) is 15.8 Å². The number of anilines is 2. The SMILES string of the molecule is CC(Nc1cc(Br)ccc1C(N)=O)c1ccccc1N. The highest BCUT2D eigenvalue weighted by molar-refractivity contribution is 9.10. The van der Waals surface area contributed by atoms with E-state index in [-0.39, 0.29) is 6.04 Å². The van der Waals surface area contributed by atoms with Gasteiger partial charge in [-0.05, 0) is 36.8 Å². The van der Waals surface area contributed by atoms with Crippen LogP contribution in [0.3, 0.4) is 0 Å². The van der Waals surface area contributed by atoms with Crippen molar-refractivity contribution in [2.75, 3.05) is 11.1 Å². The fourth-order valence-corrected chi connectivity index (χ4v) is 2.43. The lowest BCUT2D eigenvalue weighted by atomic mass is 10.0. The molecule has 5 N–H and O–H groups in total. The Balaban J connectivity index is 2.32. The van der Waals surface area contributed by atoms with Gasteiger partial charge in [0.2, 0.25) is 0 Å². The van der Waals surface area contributed by atoms with Crippen LogP contribution in [0.1, 0.15) is 28.9 Å². The van der Waals surface area contributed by atoms with Crippen LogP contribution >= 0.6 is 15.9 Å². The summed E-state index contributed by atoms with van der Waals surface area (Å²) in [4.78, 5) is 11.5. The highest BCUT2D eigenvalue weighted by Gasteiger charge is 2.13. The van der Waals surface area contributed by atoms with Crippen LogP contribution in [0.2, 0.25) is 0 Å². The van der Waals surface area contributed by atoms with Gasteiger partial charge in [-0.2, -0.15) is 0 Å². The minimum Gasteiger partial charge on any atom is -0.398 e. The van der Waals surface area contributed by atoms with E-state index in [2.05, 4.69) is 21.2 Å². The van der Waals surface area contributed by atoms with Crippen molar-refractivity contribution in [1.82, 2.24) is 0 Å². The molecular formula is C15H16BrN3O. The predicted molar refractivity (Wildman–Crippen MR) is 85.6 cm³/mol. The van der Waals surface area contributed by atoms with Gasteiger partial charge in [0.15, 0.2) is 0 Å². The number of para-hydroxylation sites is 1. The first kappa shape index (κ1) is 14.4. The highest BCUT2D eigenvalue weighted by atomic mass is 79.9. The van der Waals surface area contributed by atoms with Gasteiger partial charge < -0.3 is 16.8 Å². The molecule has 0 radical (unpaired) electrons. The Morgan fingerprint density at radius 2 is 1.95 bits per heavy atom. The van der Waals surface area contributed by atoms with Crippen LogP contribution in [0.5, 0.6) is 0 Å². The molecule has 5 heteroatoms. The summed E-state index contributed by atoms with van der Waals surface area (Å²) in [5, 5.41) is 3.28. The summed E-state index contributed by atoms with van der Waals surface area (Å²) in [6.45, 7) is 1.98. The second-order valence-electron chi connectivity index (χ2n) is 4.55.